The van der Waals surface area contributed by atoms with Gasteiger partial charge in [0, 0.05) is 48.2 Å². The van der Waals surface area contributed by atoms with Crippen LogP contribution in [0.4, 0.5) is 17.1 Å². The zero-order chi connectivity index (χ0) is 32.3. The van der Waals surface area contributed by atoms with Gasteiger partial charge in [-0.1, -0.05) is 115 Å². The monoisotopic (exact) mass is 644 g/mol. The summed E-state index contributed by atoms with van der Waals surface area (Å²) in [6.45, 7) is 0. The minimum Gasteiger partial charge on any atom is -0.435 e. The molecule has 0 spiro atoms. The second kappa shape index (κ2) is 11.2. The molecule has 8 aromatic carbocycles. The molecule has 0 aliphatic heterocycles. The number of para-hydroxylation sites is 1. The SMILES string of the molecule is c1ccc(N(c2ccc(-c3cccc4c3sc3ccccc34)cc2)c2cccc(-c3nc4ccc5ccc6ccccc6c5c4o3)c2)cc1. The lowest BCUT2D eigenvalue weighted by Crippen LogP contribution is -2.09. The van der Waals surface area contributed by atoms with Crippen molar-refractivity contribution in [3.05, 3.63) is 170 Å². The molecule has 0 radical (unpaired) electrons. The fourth-order valence-electron chi connectivity index (χ4n) is 7.16. The summed E-state index contributed by atoms with van der Waals surface area (Å²) in [5.74, 6) is 0.608. The van der Waals surface area contributed by atoms with Gasteiger partial charge in [-0.2, -0.15) is 0 Å². The quantitative estimate of drug-likeness (QED) is 0.175. The van der Waals surface area contributed by atoms with Crippen LogP contribution in [0.2, 0.25) is 0 Å². The summed E-state index contributed by atoms with van der Waals surface area (Å²) in [6.07, 6.45) is 0. The molecule has 4 heteroatoms. The minimum atomic E-state index is 0.608. The Morgan fingerprint density at radius 1 is 0.490 bits per heavy atom. The van der Waals surface area contributed by atoms with E-state index in [-0.39, 0.29) is 0 Å². The van der Waals surface area contributed by atoms with Crippen LogP contribution in [0, 0.1) is 0 Å². The zero-order valence-corrected chi connectivity index (χ0v) is 27.2. The number of nitrogens with zero attached hydrogens (tertiary/aromatic N) is 2. The lowest BCUT2D eigenvalue weighted by atomic mass is 10.0. The molecular formula is C45H28N2OS. The highest BCUT2D eigenvalue weighted by Gasteiger charge is 2.18. The van der Waals surface area contributed by atoms with E-state index in [1.54, 1.807) is 0 Å². The number of hydrogen-bond donors (Lipinski definition) is 0. The fraction of sp³-hybridized carbons (Fsp3) is 0. The van der Waals surface area contributed by atoms with Gasteiger partial charge in [-0.15, -0.1) is 11.3 Å². The van der Waals surface area contributed by atoms with Gasteiger partial charge in [-0.25, -0.2) is 4.98 Å². The predicted molar refractivity (Wildman–Crippen MR) is 207 cm³/mol. The first-order chi connectivity index (χ1) is 24.3. The van der Waals surface area contributed by atoms with Gasteiger partial charge in [0.1, 0.15) is 5.52 Å². The normalized spacial score (nSPS) is 11.7. The Bertz CT molecular complexity index is 2830. The summed E-state index contributed by atoms with van der Waals surface area (Å²) in [6, 6.07) is 60.2. The van der Waals surface area contributed by atoms with Crippen molar-refractivity contribution in [2.45, 2.75) is 0 Å². The first-order valence-electron chi connectivity index (χ1n) is 16.5. The summed E-state index contributed by atoms with van der Waals surface area (Å²) < 4.78 is 9.25. The summed E-state index contributed by atoms with van der Waals surface area (Å²) >= 11 is 1.86. The van der Waals surface area contributed by atoms with Crippen LogP contribution in [-0.2, 0) is 0 Å². The van der Waals surface area contributed by atoms with Crippen LogP contribution in [0.25, 0.3) is 75.4 Å². The van der Waals surface area contributed by atoms with Crippen LogP contribution in [0.3, 0.4) is 0 Å². The van der Waals surface area contributed by atoms with E-state index in [9.17, 15) is 0 Å². The molecule has 0 aliphatic rings. The Morgan fingerprint density at radius 3 is 2.08 bits per heavy atom. The van der Waals surface area contributed by atoms with Crippen molar-refractivity contribution < 1.29 is 4.42 Å². The Labute approximate surface area is 286 Å². The molecule has 0 unspecified atom stereocenters. The number of aromatic nitrogens is 1. The van der Waals surface area contributed by atoms with Crippen molar-refractivity contribution in [3.63, 3.8) is 0 Å². The minimum absolute atomic E-state index is 0.608. The maximum absolute atomic E-state index is 6.61. The van der Waals surface area contributed by atoms with Gasteiger partial charge in [-0.05, 0) is 81.9 Å². The first-order valence-corrected chi connectivity index (χ1v) is 17.3. The fourth-order valence-corrected chi connectivity index (χ4v) is 8.40. The van der Waals surface area contributed by atoms with Crippen molar-refractivity contribution in [1.82, 2.24) is 4.98 Å². The number of thiophene rings is 1. The summed E-state index contributed by atoms with van der Waals surface area (Å²) in [7, 11) is 0. The molecule has 0 aliphatic carbocycles. The molecule has 0 bridgehead atoms. The van der Waals surface area contributed by atoms with E-state index >= 15 is 0 Å². The molecule has 0 atom stereocenters. The number of benzene rings is 8. The molecule has 0 N–H and O–H groups in total. The van der Waals surface area contributed by atoms with Crippen LogP contribution in [0.1, 0.15) is 0 Å². The number of fused-ring (bicyclic) bond motifs is 8. The van der Waals surface area contributed by atoms with E-state index in [4.69, 9.17) is 9.40 Å². The summed E-state index contributed by atoms with van der Waals surface area (Å²) in [4.78, 5) is 7.28. The van der Waals surface area contributed by atoms with Crippen LogP contribution >= 0.6 is 11.3 Å². The van der Waals surface area contributed by atoms with E-state index in [1.165, 1.54) is 42.1 Å². The van der Waals surface area contributed by atoms with Gasteiger partial charge < -0.3 is 9.32 Å². The van der Waals surface area contributed by atoms with E-state index in [0.29, 0.717) is 5.89 Å². The zero-order valence-electron chi connectivity index (χ0n) is 26.4. The molecule has 2 aromatic heterocycles. The third-order valence-corrected chi connectivity index (χ3v) is 10.7. The van der Waals surface area contributed by atoms with Gasteiger partial charge in [0.25, 0.3) is 0 Å². The van der Waals surface area contributed by atoms with Gasteiger partial charge in [0.05, 0.1) is 0 Å². The van der Waals surface area contributed by atoms with E-state index in [0.717, 1.165) is 44.5 Å². The highest BCUT2D eigenvalue weighted by atomic mass is 32.1. The average Bonchev–Trinajstić information content (AvgIpc) is 3.78. The molecular weight excluding hydrogens is 617 g/mol. The van der Waals surface area contributed by atoms with Crippen molar-refractivity contribution in [2.24, 2.45) is 0 Å². The topological polar surface area (TPSA) is 29.3 Å². The number of oxazole rings is 1. The van der Waals surface area contributed by atoms with E-state index in [2.05, 4.69) is 175 Å². The Hall–Kier alpha value is -6.23. The van der Waals surface area contributed by atoms with Gasteiger partial charge in [0.2, 0.25) is 5.89 Å². The van der Waals surface area contributed by atoms with E-state index < -0.39 is 0 Å². The lowest BCUT2D eigenvalue weighted by Gasteiger charge is -2.26. The maximum Gasteiger partial charge on any atom is 0.227 e. The van der Waals surface area contributed by atoms with Crippen molar-refractivity contribution in [2.75, 3.05) is 4.90 Å². The number of hydrogen-bond acceptors (Lipinski definition) is 4. The highest BCUT2D eigenvalue weighted by molar-refractivity contribution is 7.26. The van der Waals surface area contributed by atoms with Gasteiger partial charge in [-0.3, -0.25) is 0 Å². The summed E-state index contributed by atoms with van der Waals surface area (Å²) in [5, 5.41) is 7.23. The predicted octanol–water partition coefficient (Wildman–Crippen LogP) is 13.3. The molecule has 230 valence electrons. The van der Waals surface area contributed by atoms with E-state index in [1.807, 2.05) is 11.3 Å². The Balaban J connectivity index is 1.07. The molecule has 3 nitrogen and oxygen atoms in total. The van der Waals surface area contributed by atoms with Crippen molar-refractivity contribution in [3.8, 4) is 22.6 Å². The lowest BCUT2D eigenvalue weighted by molar-refractivity contribution is 0.623. The summed E-state index contributed by atoms with van der Waals surface area (Å²) in [5.41, 5.74) is 8.24. The van der Waals surface area contributed by atoms with Crippen molar-refractivity contribution >= 4 is 81.2 Å². The second-order valence-corrected chi connectivity index (χ2v) is 13.4. The Kier molecular flexibility index (Phi) is 6.36. The Morgan fingerprint density at radius 2 is 1.18 bits per heavy atom. The van der Waals surface area contributed by atoms with Crippen LogP contribution < -0.4 is 4.90 Å². The van der Waals surface area contributed by atoms with Crippen molar-refractivity contribution in [1.29, 1.82) is 0 Å². The number of rotatable bonds is 5. The second-order valence-electron chi connectivity index (χ2n) is 12.4. The first kappa shape index (κ1) is 27.8. The molecule has 0 amide bonds. The van der Waals surface area contributed by atoms with Crippen LogP contribution in [0.15, 0.2) is 174 Å². The van der Waals surface area contributed by atoms with Gasteiger partial charge >= 0.3 is 0 Å². The molecule has 0 saturated carbocycles. The average molecular weight is 645 g/mol. The van der Waals surface area contributed by atoms with Gasteiger partial charge in [0.15, 0.2) is 5.58 Å². The molecule has 49 heavy (non-hydrogen) atoms. The number of anilines is 3. The molecule has 0 fully saturated rings. The smallest absolute Gasteiger partial charge is 0.227 e. The molecule has 2 heterocycles. The third-order valence-electron chi connectivity index (χ3n) is 9.47. The highest BCUT2D eigenvalue weighted by Crippen LogP contribution is 2.42. The maximum atomic E-state index is 6.61. The molecule has 0 saturated heterocycles. The molecule has 10 aromatic rings. The molecule has 10 rings (SSSR count). The largest absolute Gasteiger partial charge is 0.435 e. The third kappa shape index (κ3) is 4.61. The standard InChI is InChI=1S/C45H28N2OS/c1-2-12-33(13-3-1)47(34-25-22-30(23-26-34)37-17-9-18-39-38-16-6-7-19-41(38)49-44(37)39)35-14-8-11-32(28-35)45-46-40-27-24-31-21-20-29-10-4-5-15-36(29)42(31)43(40)48-45/h1-28H. The van der Waals surface area contributed by atoms with Crippen LogP contribution in [0.5, 0.6) is 0 Å². The van der Waals surface area contributed by atoms with Crippen LogP contribution in [-0.4, -0.2) is 4.98 Å².